The fourth-order valence-electron chi connectivity index (χ4n) is 2.88. The van der Waals surface area contributed by atoms with E-state index in [0.29, 0.717) is 16.3 Å². The Kier molecular flexibility index (Phi) is 5.07. The smallest absolute Gasteiger partial charge is 0.255 e. The summed E-state index contributed by atoms with van der Waals surface area (Å²) in [5.41, 5.74) is 3.33. The van der Waals surface area contributed by atoms with E-state index in [1.165, 1.54) is 0 Å². The van der Waals surface area contributed by atoms with Crippen LogP contribution in [0, 0.1) is 6.92 Å². The quantitative estimate of drug-likeness (QED) is 0.888. The Balaban J connectivity index is 1.68. The van der Waals surface area contributed by atoms with Crippen molar-refractivity contribution in [2.24, 2.45) is 0 Å². The van der Waals surface area contributed by atoms with Crippen molar-refractivity contribution in [2.75, 3.05) is 23.3 Å². The topological polar surface area (TPSA) is 52.6 Å². The van der Waals surface area contributed by atoms with Crippen molar-refractivity contribution < 1.29 is 9.90 Å². The molecule has 1 amide bonds. The summed E-state index contributed by atoms with van der Waals surface area (Å²) >= 11 is 6.12. The molecule has 1 aliphatic rings. The van der Waals surface area contributed by atoms with Crippen LogP contribution in [0.2, 0.25) is 5.02 Å². The van der Waals surface area contributed by atoms with Crippen LogP contribution in [-0.2, 0) is 0 Å². The van der Waals surface area contributed by atoms with E-state index >= 15 is 0 Å². The van der Waals surface area contributed by atoms with Crippen LogP contribution < -0.4 is 10.2 Å². The Morgan fingerprint density at radius 3 is 2.50 bits per heavy atom. The van der Waals surface area contributed by atoms with E-state index in [2.05, 4.69) is 10.2 Å². The average Bonchev–Trinajstić information content (AvgIpc) is 2.59. The molecule has 2 aromatic carbocycles. The second kappa shape index (κ2) is 7.24. The largest absolute Gasteiger partial charge is 0.393 e. The number of carbonyl (C=O) groups excluding carboxylic acids is 1. The lowest BCUT2D eigenvalue weighted by molar-refractivity contribution is 0.102. The molecule has 0 unspecified atom stereocenters. The number of hydrogen-bond acceptors (Lipinski definition) is 3. The third-order valence-corrected chi connectivity index (χ3v) is 4.66. The van der Waals surface area contributed by atoms with Crippen molar-refractivity contribution in [3.8, 4) is 0 Å². The van der Waals surface area contributed by atoms with Crippen LogP contribution >= 0.6 is 11.6 Å². The zero-order valence-corrected chi connectivity index (χ0v) is 14.4. The van der Waals surface area contributed by atoms with E-state index in [-0.39, 0.29) is 12.0 Å². The van der Waals surface area contributed by atoms with E-state index < -0.39 is 0 Å². The molecule has 0 bridgehead atoms. The predicted octanol–water partition coefficient (Wildman–Crippen LogP) is 3.86. The molecule has 0 atom stereocenters. The minimum Gasteiger partial charge on any atom is -0.393 e. The Labute approximate surface area is 147 Å². The van der Waals surface area contributed by atoms with Crippen molar-refractivity contribution in [1.82, 2.24) is 0 Å². The van der Waals surface area contributed by atoms with E-state index in [4.69, 9.17) is 11.6 Å². The molecular formula is C19H21ClN2O2. The third-order valence-electron chi connectivity index (χ3n) is 4.33. The lowest BCUT2D eigenvalue weighted by Crippen LogP contribution is -2.35. The molecule has 1 fully saturated rings. The van der Waals surface area contributed by atoms with Crippen LogP contribution in [0.4, 0.5) is 11.4 Å². The standard InChI is InChI=1S/C19H21ClN2O2/c1-13-2-7-17(20)18(12-13)21-19(24)14-3-5-15(6-4-14)22-10-8-16(23)9-11-22/h2-7,12,16,23H,8-11H2,1H3,(H,21,24). The molecule has 4 nitrogen and oxygen atoms in total. The van der Waals surface area contributed by atoms with Crippen LogP contribution in [0.25, 0.3) is 0 Å². The molecule has 0 aromatic heterocycles. The molecule has 0 aliphatic carbocycles. The molecule has 0 radical (unpaired) electrons. The monoisotopic (exact) mass is 344 g/mol. The molecule has 5 heteroatoms. The molecule has 1 saturated heterocycles. The van der Waals surface area contributed by atoms with Crippen LogP contribution in [0.15, 0.2) is 42.5 Å². The highest BCUT2D eigenvalue weighted by atomic mass is 35.5. The number of nitrogens with one attached hydrogen (secondary N) is 1. The van der Waals surface area contributed by atoms with Crippen molar-refractivity contribution in [1.29, 1.82) is 0 Å². The van der Waals surface area contributed by atoms with Crippen LogP contribution in [0.5, 0.6) is 0 Å². The first kappa shape index (κ1) is 16.8. The number of piperidine rings is 1. The second-order valence-corrected chi connectivity index (χ2v) is 6.61. The number of anilines is 2. The number of carbonyl (C=O) groups is 1. The summed E-state index contributed by atoms with van der Waals surface area (Å²) in [6.07, 6.45) is 1.38. The number of hydrogen-bond donors (Lipinski definition) is 2. The molecule has 3 rings (SSSR count). The maximum Gasteiger partial charge on any atom is 0.255 e. The van der Waals surface area contributed by atoms with Crippen LogP contribution in [0.3, 0.4) is 0 Å². The molecule has 2 N–H and O–H groups in total. The third kappa shape index (κ3) is 3.89. The van der Waals surface area contributed by atoms with Gasteiger partial charge in [0.15, 0.2) is 0 Å². The van der Waals surface area contributed by atoms with Crippen LogP contribution in [-0.4, -0.2) is 30.2 Å². The van der Waals surface area contributed by atoms with Gasteiger partial charge in [-0.25, -0.2) is 0 Å². The summed E-state index contributed by atoms with van der Waals surface area (Å²) in [6.45, 7) is 3.63. The number of aryl methyl sites for hydroxylation is 1. The average molecular weight is 345 g/mol. The van der Waals surface area contributed by atoms with Gasteiger partial charge in [0.2, 0.25) is 0 Å². The highest BCUT2D eigenvalue weighted by Crippen LogP contribution is 2.24. The maximum atomic E-state index is 12.4. The van der Waals surface area contributed by atoms with Crippen molar-refractivity contribution >= 4 is 28.9 Å². The molecule has 1 heterocycles. The first-order valence-corrected chi connectivity index (χ1v) is 8.51. The molecule has 0 spiro atoms. The first-order chi connectivity index (χ1) is 11.5. The van der Waals surface area contributed by atoms with Gasteiger partial charge in [0.25, 0.3) is 5.91 Å². The normalized spacial score (nSPS) is 15.4. The SMILES string of the molecule is Cc1ccc(Cl)c(NC(=O)c2ccc(N3CCC(O)CC3)cc2)c1. The van der Waals surface area contributed by atoms with Gasteiger partial charge in [0.1, 0.15) is 0 Å². The lowest BCUT2D eigenvalue weighted by atomic mass is 10.1. The molecule has 1 aliphatic heterocycles. The van der Waals surface area contributed by atoms with Gasteiger partial charge in [0, 0.05) is 24.3 Å². The Morgan fingerprint density at radius 1 is 1.17 bits per heavy atom. The summed E-state index contributed by atoms with van der Waals surface area (Å²) in [4.78, 5) is 14.6. The summed E-state index contributed by atoms with van der Waals surface area (Å²) in [5, 5.41) is 13.0. The molecule has 24 heavy (non-hydrogen) atoms. The minimum atomic E-state index is -0.189. The van der Waals surface area contributed by atoms with Gasteiger partial charge in [-0.1, -0.05) is 17.7 Å². The molecule has 0 saturated carbocycles. The number of aliphatic hydroxyl groups excluding tert-OH is 1. The summed E-state index contributed by atoms with van der Waals surface area (Å²) in [6, 6.07) is 13.1. The zero-order chi connectivity index (χ0) is 17.1. The number of amides is 1. The van der Waals surface area contributed by atoms with Crippen molar-refractivity contribution in [2.45, 2.75) is 25.9 Å². The zero-order valence-electron chi connectivity index (χ0n) is 13.6. The Bertz CT molecular complexity index is 723. The van der Waals surface area contributed by atoms with Gasteiger partial charge in [-0.05, 0) is 61.7 Å². The van der Waals surface area contributed by atoms with E-state index in [1.54, 1.807) is 6.07 Å². The van der Waals surface area contributed by atoms with E-state index in [1.807, 2.05) is 43.3 Å². The number of halogens is 1. The van der Waals surface area contributed by atoms with Crippen molar-refractivity contribution in [3.05, 3.63) is 58.6 Å². The van der Waals surface area contributed by atoms with Gasteiger partial charge in [0.05, 0.1) is 16.8 Å². The highest BCUT2D eigenvalue weighted by Gasteiger charge is 2.17. The van der Waals surface area contributed by atoms with Gasteiger partial charge in [-0.15, -0.1) is 0 Å². The van der Waals surface area contributed by atoms with E-state index in [9.17, 15) is 9.90 Å². The maximum absolute atomic E-state index is 12.4. The van der Waals surface area contributed by atoms with E-state index in [0.717, 1.165) is 37.2 Å². The fraction of sp³-hybridized carbons (Fsp3) is 0.316. The van der Waals surface area contributed by atoms with Gasteiger partial charge in [-0.3, -0.25) is 4.79 Å². The first-order valence-electron chi connectivity index (χ1n) is 8.13. The lowest BCUT2D eigenvalue weighted by Gasteiger charge is -2.31. The van der Waals surface area contributed by atoms with Gasteiger partial charge >= 0.3 is 0 Å². The fourth-order valence-corrected chi connectivity index (χ4v) is 3.04. The van der Waals surface area contributed by atoms with Gasteiger partial charge < -0.3 is 15.3 Å². The van der Waals surface area contributed by atoms with Crippen LogP contribution in [0.1, 0.15) is 28.8 Å². The molecule has 2 aromatic rings. The number of benzene rings is 2. The Morgan fingerprint density at radius 2 is 1.83 bits per heavy atom. The number of rotatable bonds is 3. The number of aliphatic hydroxyl groups is 1. The summed E-state index contributed by atoms with van der Waals surface area (Å²) in [5.74, 6) is -0.178. The Hall–Kier alpha value is -2.04. The summed E-state index contributed by atoms with van der Waals surface area (Å²) in [7, 11) is 0. The predicted molar refractivity (Wildman–Crippen MR) is 98.0 cm³/mol. The second-order valence-electron chi connectivity index (χ2n) is 6.20. The minimum absolute atomic E-state index is 0.178. The van der Waals surface area contributed by atoms with Gasteiger partial charge in [-0.2, -0.15) is 0 Å². The molecule has 126 valence electrons. The van der Waals surface area contributed by atoms with Crippen molar-refractivity contribution in [3.63, 3.8) is 0 Å². The molecular weight excluding hydrogens is 324 g/mol. The highest BCUT2D eigenvalue weighted by molar-refractivity contribution is 6.34. The summed E-state index contributed by atoms with van der Waals surface area (Å²) < 4.78 is 0. The number of nitrogens with zero attached hydrogens (tertiary/aromatic N) is 1.